The first kappa shape index (κ1) is 14.2. The molecule has 0 saturated carbocycles. The summed E-state index contributed by atoms with van der Waals surface area (Å²) in [6, 6.07) is 3.55. The van der Waals surface area contributed by atoms with E-state index < -0.39 is 23.4 Å². The van der Waals surface area contributed by atoms with E-state index >= 15 is 0 Å². The molecule has 1 aliphatic heterocycles. The highest BCUT2D eigenvalue weighted by Gasteiger charge is 2.35. The number of halogens is 3. The summed E-state index contributed by atoms with van der Waals surface area (Å²) in [6.45, 7) is -0.166. The number of carbonyl (C=O) groups is 1. The van der Waals surface area contributed by atoms with Crippen molar-refractivity contribution < 1.29 is 28.2 Å². The molecule has 1 aromatic rings. The number of alkyl halides is 3. The molecule has 1 aliphatic rings. The molecule has 0 atom stereocenters. The molecule has 0 saturated heterocycles. The van der Waals surface area contributed by atoms with Gasteiger partial charge in [-0.25, -0.2) is 0 Å². The Morgan fingerprint density at radius 2 is 1.90 bits per heavy atom. The molecule has 0 radical (unpaired) electrons. The van der Waals surface area contributed by atoms with E-state index in [9.17, 15) is 23.1 Å². The van der Waals surface area contributed by atoms with Crippen LogP contribution in [0.25, 0.3) is 0 Å². The summed E-state index contributed by atoms with van der Waals surface area (Å²) in [5, 5.41) is 18.5. The lowest BCUT2D eigenvalue weighted by Crippen LogP contribution is -2.36. The van der Waals surface area contributed by atoms with Gasteiger partial charge < -0.3 is 15.1 Å². The van der Waals surface area contributed by atoms with Crippen LogP contribution in [0.4, 0.5) is 13.2 Å². The number of nitrogens with zero attached hydrogens (tertiary/aromatic N) is 1. The summed E-state index contributed by atoms with van der Waals surface area (Å²) in [4.78, 5) is 13.3. The fourth-order valence-corrected chi connectivity index (χ4v) is 1.95. The van der Waals surface area contributed by atoms with E-state index in [1.54, 1.807) is 0 Å². The van der Waals surface area contributed by atoms with E-state index in [0.717, 1.165) is 18.2 Å². The van der Waals surface area contributed by atoms with Gasteiger partial charge in [0.15, 0.2) is 11.5 Å². The molecule has 7 heteroatoms. The minimum atomic E-state index is -4.36. The predicted octanol–water partition coefficient (Wildman–Crippen LogP) is 2.43. The number of benzene rings is 1. The van der Waals surface area contributed by atoms with Crippen LogP contribution in [0, 0.1) is 0 Å². The van der Waals surface area contributed by atoms with E-state index in [4.69, 9.17) is 5.11 Å². The van der Waals surface area contributed by atoms with Crippen molar-refractivity contribution in [3.8, 4) is 11.5 Å². The Morgan fingerprint density at radius 3 is 2.40 bits per heavy atom. The average molecular weight is 287 g/mol. The first-order valence-corrected chi connectivity index (χ1v) is 5.86. The molecule has 0 fully saturated rings. The fraction of sp³-hybridized carbons (Fsp3) is 0.308. The molecule has 20 heavy (non-hydrogen) atoms. The molecule has 0 aromatic heterocycles. The van der Waals surface area contributed by atoms with Gasteiger partial charge in [-0.1, -0.05) is 6.08 Å². The summed E-state index contributed by atoms with van der Waals surface area (Å²) in [6.07, 6.45) is -3.62. The second-order valence-electron chi connectivity index (χ2n) is 4.43. The summed E-state index contributed by atoms with van der Waals surface area (Å²) in [5.41, 5.74) is -0.515. The lowest BCUT2D eigenvalue weighted by atomic mass is 10.1. The Labute approximate surface area is 112 Å². The molecule has 1 aromatic carbocycles. The topological polar surface area (TPSA) is 60.8 Å². The molecule has 1 amide bonds. The van der Waals surface area contributed by atoms with Gasteiger partial charge in [0.05, 0.1) is 0 Å². The standard InChI is InChI=1S/C13H12F3NO3/c14-13(15,16)9-3-5-17(6-4-9)12(20)8-1-2-10(18)11(19)7-8/h1-3,7,18-19H,4-6H2. The Hall–Kier alpha value is -2.18. The first-order valence-electron chi connectivity index (χ1n) is 5.86. The number of phenolic OH excluding ortho intramolecular Hbond substituents is 2. The molecule has 0 unspecified atom stereocenters. The Bertz CT molecular complexity index is 566. The van der Waals surface area contributed by atoms with Crippen molar-refractivity contribution in [2.45, 2.75) is 12.6 Å². The molecule has 2 N–H and O–H groups in total. The van der Waals surface area contributed by atoms with Crippen molar-refractivity contribution in [3.05, 3.63) is 35.4 Å². The Kier molecular flexibility index (Phi) is 3.61. The zero-order valence-electron chi connectivity index (χ0n) is 10.3. The monoisotopic (exact) mass is 287 g/mol. The van der Waals surface area contributed by atoms with Crippen molar-refractivity contribution in [3.63, 3.8) is 0 Å². The van der Waals surface area contributed by atoms with E-state index in [0.29, 0.717) is 0 Å². The van der Waals surface area contributed by atoms with Gasteiger partial charge in [0, 0.05) is 24.2 Å². The van der Waals surface area contributed by atoms with Gasteiger partial charge in [0.1, 0.15) is 0 Å². The minimum absolute atomic E-state index is 0.0359. The second-order valence-corrected chi connectivity index (χ2v) is 4.43. The van der Waals surface area contributed by atoms with Crippen LogP contribution in [0.5, 0.6) is 11.5 Å². The van der Waals surface area contributed by atoms with Crippen molar-refractivity contribution in [1.29, 1.82) is 0 Å². The Morgan fingerprint density at radius 1 is 1.20 bits per heavy atom. The van der Waals surface area contributed by atoms with Crippen molar-refractivity contribution >= 4 is 5.91 Å². The van der Waals surface area contributed by atoms with Gasteiger partial charge in [0.25, 0.3) is 5.91 Å². The normalized spacial score (nSPS) is 15.9. The van der Waals surface area contributed by atoms with Gasteiger partial charge in [-0.05, 0) is 24.6 Å². The molecule has 4 nitrogen and oxygen atoms in total. The van der Waals surface area contributed by atoms with Gasteiger partial charge >= 0.3 is 6.18 Å². The number of hydrogen-bond acceptors (Lipinski definition) is 3. The number of aromatic hydroxyl groups is 2. The lowest BCUT2D eigenvalue weighted by molar-refractivity contribution is -0.0957. The zero-order valence-corrected chi connectivity index (χ0v) is 10.3. The highest BCUT2D eigenvalue weighted by molar-refractivity contribution is 5.95. The lowest BCUT2D eigenvalue weighted by Gasteiger charge is -2.27. The maximum absolute atomic E-state index is 12.5. The van der Waals surface area contributed by atoms with Crippen molar-refractivity contribution in [2.75, 3.05) is 13.1 Å². The quantitative estimate of drug-likeness (QED) is 0.616. The largest absolute Gasteiger partial charge is 0.504 e. The summed E-state index contributed by atoms with van der Waals surface area (Å²) in [5.74, 6) is -1.29. The maximum atomic E-state index is 12.5. The van der Waals surface area contributed by atoms with Crippen molar-refractivity contribution in [2.24, 2.45) is 0 Å². The van der Waals surface area contributed by atoms with Crippen LogP contribution in [-0.2, 0) is 0 Å². The number of rotatable bonds is 1. The molecule has 0 aliphatic carbocycles. The van der Waals surface area contributed by atoms with Crippen LogP contribution >= 0.6 is 0 Å². The van der Waals surface area contributed by atoms with Crippen LogP contribution < -0.4 is 0 Å². The summed E-state index contributed by atoms with van der Waals surface area (Å²) in [7, 11) is 0. The second kappa shape index (κ2) is 5.07. The number of amides is 1. The number of phenols is 2. The van der Waals surface area contributed by atoms with Gasteiger partial charge in [-0.2, -0.15) is 13.2 Å². The minimum Gasteiger partial charge on any atom is -0.504 e. The highest BCUT2D eigenvalue weighted by atomic mass is 19.4. The number of hydrogen-bond donors (Lipinski definition) is 2. The number of carbonyl (C=O) groups excluding carboxylic acids is 1. The molecule has 0 bridgehead atoms. The van der Waals surface area contributed by atoms with Crippen LogP contribution in [0.3, 0.4) is 0 Å². The summed E-state index contributed by atoms with van der Waals surface area (Å²) >= 11 is 0. The van der Waals surface area contributed by atoms with Gasteiger partial charge in [-0.15, -0.1) is 0 Å². The third kappa shape index (κ3) is 2.87. The van der Waals surface area contributed by atoms with E-state index in [-0.39, 0.29) is 30.8 Å². The van der Waals surface area contributed by atoms with E-state index in [1.807, 2.05) is 0 Å². The molecular formula is C13H12F3NO3. The molecule has 2 rings (SSSR count). The smallest absolute Gasteiger partial charge is 0.412 e. The molecular weight excluding hydrogens is 275 g/mol. The molecule has 1 heterocycles. The van der Waals surface area contributed by atoms with E-state index in [1.165, 1.54) is 11.0 Å². The SMILES string of the molecule is O=C(c1ccc(O)c(O)c1)N1CC=C(C(F)(F)F)CC1. The van der Waals surface area contributed by atoms with E-state index in [2.05, 4.69) is 0 Å². The Balaban J connectivity index is 2.12. The third-order valence-corrected chi connectivity index (χ3v) is 3.08. The van der Waals surface area contributed by atoms with Crippen LogP contribution in [0.15, 0.2) is 29.8 Å². The zero-order chi connectivity index (χ0) is 14.9. The third-order valence-electron chi connectivity index (χ3n) is 3.08. The maximum Gasteiger partial charge on any atom is 0.412 e. The summed E-state index contributed by atoms with van der Waals surface area (Å²) < 4.78 is 37.4. The van der Waals surface area contributed by atoms with Crippen LogP contribution in [-0.4, -0.2) is 40.3 Å². The molecule has 108 valence electrons. The average Bonchev–Trinajstić information content (AvgIpc) is 2.40. The van der Waals surface area contributed by atoms with Gasteiger partial charge in [-0.3, -0.25) is 4.79 Å². The molecule has 0 spiro atoms. The van der Waals surface area contributed by atoms with Crippen LogP contribution in [0.1, 0.15) is 16.8 Å². The van der Waals surface area contributed by atoms with Crippen molar-refractivity contribution in [1.82, 2.24) is 4.90 Å². The highest BCUT2D eigenvalue weighted by Crippen LogP contribution is 2.31. The van der Waals surface area contributed by atoms with Gasteiger partial charge in [0.2, 0.25) is 0 Å². The predicted molar refractivity (Wildman–Crippen MR) is 64.4 cm³/mol. The fourth-order valence-electron chi connectivity index (χ4n) is 1.95. The van der Waals surface area contributed by atoms with Crippen LogP contribution in [0.2, 0.25) is 0 Å². The first-order chi connectivity index (χ1) is 9.29.